The quantitative estimate of drug-likeness (QED) is 0.874. The average molecular weight is 282 g/mol. The van der Waals surface area contributed by atoms with Crippen molar-refractivity contribution in [3.05, 3.63) is 28.0 Å². The largest absolute Gasteiger partial charge is 0.496 e. The van der Waals surface area contributed by atoms with Crippen molar-refractivity contribution in [1.82, 2.24) is 14.8 Å². The molecule has 0 amide bonds. The van der Waals surface area contributed by atoms with Crippen LogP contribution in [0.1, 0.15) is 18.9 Å². The first-order valence-electron chi connectivity index (χ1n) is 5.71. The van der Waals surface area contributed by atoms with E-state index in [0.29, 0.717) is 15.8 Å². The molecule has 1 heterocycles. The van der Waals surface area contributed by atoms with Crippen molar-refractivity contribution in [3.63, 3.8) is 0 Å². The van der Waals surface area contributed by atoms with Gasteiger partial charge < -0.3 is 4.74 Å². The lowest BCUT2D eigenvalue weighted by atomic mass is 10.2. The Morgan fingerprint density at radius 3 is 2.94 bits per heavy atom. The summed E-state index contributed by atoms with van der Waals surface area (Å²) < 4.78 is 8.05. The maximum atomic E-state index is 6.05. The summed E-state index contributed by atoms with van der Waals surface area (Å²) in [6.07, 6.45) is 2.29. The van der Waals surface area contributed by atoms with Gasteiger partial charge in [0, 0.05) is 11.1 Å². The van der Waals surface area contributed by atoms with E-state index in [2.05, 4.69) is 10.2 Å². The summed E-state index contributed by atoms with van der Waals surface area (Å²) in [5, 5.41) is 7.80. The number of aromatic amines is 1. The highest BCUT2D eigenvalue weighted by atomic mass is 35.5. The zero-order chi connectivity index (χ0) is 12.7. The van der Waals surface area contributed by atoms with E-state index in [0.717, 1.165) is 30.0 Å². The van der Waals surface area contributed by atoms with Crippen LogP contribution < -0.4 is 4.74 Å². The summed E-state index contributed by atoms with van der Waals surface area (Å²) in [7, 11) is 1.63. The summed E-state index contributed by atoms with van der Waals surface area (Å²) in [6.45, 7) is 0. The van der Waals surface area contributed by atoms with Gasteiger partial charge in [0.25, 0.3) is 0 Å². The summed E-state index contributed by atoms with van der Waals surface area (Å²) in [5.41, 5.74) is 0.865. The van der Waals surface area contributed by atoms with Gasteiger partial charge in [-0.05, 0) is 43.3 Å². The second-order valence-electron chi connectivity index (χ2n) is 4.30. The third-order valence-electron chi connectivity index (χ3n) is 3.02. The molecule has 1 saturated carbocycles. The SMILES string of the molecule is COc1ccc(Cl)cc1-c1n[nH]c(=S)n1C1CC1. The lowest BCUT2D eigenvalue weighted by Gasteiger charge is -2.09. The van der Waals surface area contributed by atoms with Gasteiger partial charge in [-0.15, -0.1) is 0 Å². The maximum Gasteiger partial charge on any atom is 0.195 e. The summed E-state index contributed by atoms with van der Waals surface area (Å²) >= 11 is 11.3. The molecule has 1 aromatic heterocycles. The van der Waals surface area contributed by atoms with Crippen LogP contribution in [0.3, 0.4) is 0 Å². The Bertz CT molecular complexity index is 645. The predicted octanol–water partition coefficient (Wildman–Crippen LogP) is 3.60. The van der Waals surface area contributed by atoms with Gasteiger partial charge >= 0.3 is 0 Å². The van der Waals surface area contributed by atoms with Crippen LogP contribution in [0.15, 0.2) is 18.2 Å². The molecule has 0 saturated heterocycles. The number of aromatic nitrogens is 3. The third kappa shape index (κ3) is 1.93. The summed E-state index contributed by atoms with van der Waals surface area (Å²) in [4.78, 5) is 0. The zero-order valence-corrected chi connectivity index (χ0v) is 11.4. The second kappa shape index (κ2) is 4.40. The van der Waals surface area contributed by atoms with Crippen molar-refractivity contribution in [1.29, 1.82) is 0 Å². The predicted molar refractivity (Wildman–Crippen MR) is 72.7 cm³/mol. The highest BCUT2D eigenvalue weighted by Crippen LogP contribution is 2.40. The normalized spacial score (nSPS) is 14.8. The number of H-pyrrole nitrogens is 1. The molecule has 4 nitrogen and oxygen atoms in total. The molecule has 0 unspecified atom stereocenters. The maximum absolute atomic E-state index is 6.05. The van der Waals surface area contributed by atoms with Gasteiger partial charge in [0.2, 0.25) is 0 Å². The van der Waals surface area contributed by atoms with E-state index in [1.54, 1.807) is 13.2 Å². The Morgan fingerprint density at radius 2 is 2.28 bits per heavy atom. The van der Waals surface area contributed by atoms with E-state index in [1.807, 2.05) is 16.7 Å². The number of benzene rings is 1. The molecule has 94 valence electrons. The molecule has 1 aliphatic carbocycles. The molecule has 1 aliphatic rings. The fraction of sp³-hybridized carbons (Fsp3) is 0.333. The van der Waals surface area contributed by atoms with Crippen molar-refractivity contribution >= 4 is 23.8 Å². The van der Waals surface area contributed by atoms with Crippen LogP contribution in [0.4, 0.5) is 0 Å². The number of ether oxygens (including phenoxy) is 1. The molecule has 0 spiro atoms. The first-order chi connectivity index (χ1) is 8.70. The fourth-order valence-corrected chi connectivity index (χ4v) is 2.47. The highest BCUT2D eigenvalue weighted by molar-refractivity contribution is 7.71. The molecule has 18 heavy (non-hydrogen) atoms. The van der Waals surface area contributed by atoms with Crippen LogP contribution in [0.2, 0.25) is 5.02 Å². The minimum atomic E-state index is 0.454. The Kier molecular flexibility index (Phi) is 2.87. The average Bonchev–Trinajstić information content (AvgIpc) is 3.12. The fourth-order valence-electron chi connectivity index (χ4n) is 2.02. The Labute approximate surface area is 115 Å². The molecule has 0 atom stereocenters. The van der Waals surface area contributed by atoms with Gasteiger partial charge in [-0.25, -0.2) is 0 Å². The Morgan fingerprint density at radius 1 is 1.50 bits per heavy atom. The van der Waals surface area contributed by atoms with Crippen LogP contribution in [0.5, 0.6) is 5.75 Å². The van der Waals surface area contributed by atoms with Gasteiger partial charge in [-0.1, -0.05) is 11.6 Å². The Balaban J connectivity index is 2.20. The van der Waals surface area contributed by atoms with E-state index < -0.39 is 0 Å². The number of hydrogen-bond donors (Lipinski definition) is 1. The van der Waals surface area contributed by atoms with E-state index in [9.17, 15) is 0 Å². The minimum Gasteiger partial charge on any atom is -0.496 e. The molecule has 0 aliphatic heterocycles. The van der Waals surface area contributed by atoms with Crippen LogP contribution >= 0.6 is 23.8 Å². The summed E-state index contributed by atoms with van der Waals surface area (Å²) in [6, 6.07) is 5.94. The minimum absolute atomic E-state index is 0.454. The van der Waals surface area contributed by atoms with Crippen LogP contribution in [0, 0.1) is 4.77 Å². The third-order valence-corrected chi connectivity index (χ3v) is 3.54. The van der Waals surface area contributed by atoms with Crippen molar-refractivity contribution in [2.45, 2.75) is 18.9 Å². The molecule has 3 rings (SSSR count). The number of nitrogens with one attached hydrogen (secondary N) is 1. The molecule has 2 aromatic rings. The molecule has 1 N–H and O–H groups in total. The summed E-state index contributed by atoms with van der Waals surface area (Å²) in [5.74, 6) is 1.54. The first-order valence-corrected chi connectivity index (χ1v) is 6.50. The number of methoxy groups -OCH3 is 1. The lowest BCUT2D eigenvalue weighted by Crippen LogP contribution is -1.99. The second-order valence-corrected chi connectivity index (χ2v) is 5.12. The van der Waals surface area contributed by atoms with Gasteiger partial charge in [0.05, 0.1) is 12.7 Å². The molecular formula is C12H12ClN3OS. The van der Waals surface area contributed by atoms with E-state index in [4.69, 9.17) is 28.6 Å². The van der Waals surface area contributed by atoms with Crippen LogP contribution in [-0.2, 0) is 0 Å². The van der Waals surface area contributed by atoms with Gasteiger partial charge in [0.1, 0.15) is 5.75 Å². The van der Waals surface area contributed by atoms with Gasteiger partial charge in [0.15, 0.2) is 10.6 Å². The molecular weight excluding hydrogens is 270 g/mol. The molecule has 6 heteroatoms. The molecule has 0 radical (unpaired) electrons. The van der Waals surface area contributed by atoms with Crippen molar-refractivity contribution in [2.75, 3.05) is 7.11 Å². The van der Waals surface area contributed by atoms with E-state index in [-0.39, 0.29) is 0 Å². The van der Waals surface area contributed by atoms with Crippen LogP contribution in [0.25, 0.3) is 11.4 Å². The van der Waals surface area contributed by atoms with Crippen molar-refractivity contribution in [2.24, 2.45) is 0 Å². The number of hydrogen-bond acceptors (Lipinski definition) is 3. The monoisotopic (exact) mass is 281 g/mol. The smallest absolute Gasteiger partial charge is 0.195 e. The van der Waals surface area contributed by atoms with Crippen molar-refractivity contribution in [3.8, 4) is 17.1 Å². The first kappa shape index (κ1) is 11.7. The standard InChI is InChI=1S/C12H12ClN3OS/c1-17-10-5-2-7(13)6-9(10)11-14-15-12(18)16(11)8-3-4-8/h2,5-6,8H,3-4H2,1H3,(H,15,18). The number of rotatable bonds is 3. The lowest BCUT2D eigenvalue weighted by molar-refractivity contribution is 0.416. The van der Waals surface area contributed by atoms with Crippen LogP contribution in [-0.4, -0.2) is 21.9 Å². The van der Waals surface area contributed by atoms with Gasteiger partial charge in [-0.3, -0.25) is 9.67 Å². The molecule has 1 fully saturated rings. The van der Waals surface area contributed by atoms with Crippen molar-refractivity contribution < 1.29 is 4.74 Å². The highest BCUT2D eigenvalue weighted by Gasteiger charge is 2.28. The Hall–Kier alpha value is -1.33. The molecule has 1 aromatic carbocycles. The topological polar surface area (TPSA) is 42.8 Å². The number of nitrogens with zero attached hydrogens (tertiary/aromatic N) is 2. The molecule has 0 bridgehead atoms. The number of halogens is 1. The zero-order valence-electron chi connectivity index (χ0n) is 9.81. The van der Waals surface area contributed by atoms with E-state index >= 15 is 0 Å². The van der Waals surface area contributed by atoms with Gasteiger partial charge in [-0.2, -0.15) is 5.10 Å². The van der Waals surface area contributed by atoms with E-state index in [1.165, 1.54) is 0 Å².